The maximum Gasteiger partial charge on any atom is 0.122 e. The van der Waals surface area contributed by atoms with Gasteiger partial charge < -0.3 is 25.2 Å². The van der Waals surface area contributed by atoms with Crippen molar-refractivity contribution in [3.8, 4) is 0 Å². The molecule has 0 aliphatic heterocycles. The standard InChI is InChI=1S/C11H19N3O3/c1-14-3-2-12-9(14)5-13-8-4-7(6-15)10(16)11(8)17/h2-3,7-8,10-11,13,15-17H,4-6H2,1H3. The van der Waals surface area contributed by atoms with Gasteiger partial charge in [-0.2, -0.15) is 0 Å². The van der Waals surface area contributed by atoms with Crippen LogP contribution in [0.1, 0.15) is 12.2 Å². The van der Waals surface area contributed by atoms with E-state index in [9.17, 15) is 10.2 Å². The second-order valence-corrected chi connectivity index (χ2v) is 4.60. The fourth-order valence-corrected chi connectivity index (χ4v) is 2.30. The second-order valence-electron chi connectivity index (χ2n) is 4.60. The molecular weight excluding hydrogens is 222 g/mol. The first-order chi connectivity index (χ1) is 8.13. The fraction of sp³-hybridized carbons (Fsp3) is 0.727. The Hall–Kier alpha value is -0.950. The molecule has 1 aromatic heterocycles. The van der Waals surface area contributed by atoms with Crippen LogP contribution in [0.5, 0.6) is 0 Å². The Labute approximate surface area is 99.9 Å². The number of aromatic nitrogens is 2. The minimum Gasteiger partial charge on any atom is -0.396 e. The number of aliphatic hydroxyl groups is 3. The van der Waals surface area contributed by atoms with Gasteiger partial charge in [0.05, 0.1) is 18.8 Å². The summed E-state index contributed by atoms with van der Waals surface area (Å²) < 4.78 is 1.90. The van der Waals surface area contributed by atoms with Gasteiger partial charge in [0.15, 0.2) is 0 Å². The molecule has 4 unspecified atom stereocenters. The van der Waals surface area contributed by atoms with E-state index in [2.05, 4.69) is 10.3 Å². The number of hydrogen-bond acceptors (Lipinski definition) is 5. The third kappa shape index (κ3) is 2.50. The highest BCUT2D eigenvalue weighted by molar-refractivity contribution is 4.97. The van der Waals surface area contributed by atoms with Gasteiger partial charge >= 0.3 is 0 Å². The predicted molar refractivity (Wildman–Crippen MR) is 61.0 cm³/mol. The summed E-state index contributed by atoms with van der Waals surface area (Å²) in [5.74, 6) is 0.628. The van der Waals surface area contributed by atoms with Gasteiger partial charge in [-0.25, -0.2) is 4.98 Å². The SMILES string of the molecule is Cn1ccnc1CNC1CC(CO)C(O)C1O. The fourth-order valence-electron chi connectivity index (χ4n) is 2.30. The average Bonchev–Trinajstić information content (AvgIpc) is 2.84. The number of nitrogens with zero attached hydrogens (tertiary/aromatic N) is 2. The lowest BCUT2D eigenvalue weighted by Crippen LogP contribution is -2.40. The number of hydrogen-bond donors (Lipinski definition) is 4. The molecule has 1 fully saturated rings. The van der Waals surface area contributed by atoms with Crippen molar-refractivity contribution in [1.82, 2.24) is 14.9 Å². The summed E-state index contributed by atoms with van der Waals surface area (Å²) in [6.07, 6.45) is 2.47. The quantitative estimate of drug-likeness (QED) is 0.521. The van der Waals surface area contributed by atoms with Crippen molar-refractivity contribution < 1.29 is 15.3 Å². The van der Waals surface area contributed by atoms with E-state index in [4.69, 9.17) is 5.11 Å². The topological polar surface area (TPSA) is 90.5 Å². The van der Waals surface area contributed by atoms with Crippen LogP contribution in [0.2, 0.25) is 0 Å². The molecule has 4 atom stereocenters. The molecule has 6 nitrogen and oxygen atoms in total. The van der Waals surface area contributed by atoms with Crippen LogP contribution in [0.4, 0.5) is 0 Å². The van der Waals surface area contributed by atoms with Crippen molar-refractivity contribution in [1.29, 1.82) is 0 Å². The normalized spacial score (nSPS) is 33.2. The van der Waals surface area contributed by atoms with Gasteiger partial charge in [0.2, 0.25) is 0 Å². The van der Waals surface area contributed by atoms with Crippen LogP contribution in [0, 0.1) is 5.92 Å². The van der Waals surface area contributed by atoms with E-state index < -0.39 is 12.2 Å². The Bertz CT molecular complexity index is 369. The lowest BCUT2D eigenvalue weighted by Gasteiger charge is -2.17. The van der Waals surface area contributed by atoms with Crippen LogP contribution in [0.25, 0.3) is 0 Å². The minimum absolute atomic E-state index is 0.0984. The Morgan fingerprint density at radius 3 is 2.76 bits per heavy atom. The molecule has 1 heterocycles. The minimum atomic E-state index is -0.848. The Morgan fingerprint density at radius 2 is 2.24 bits per heavy atom. The van der Waals surface area contributed by atoms with Crippen LogP contribution >= 0.6 is 0 Å². The maximum atomic E-state index is 9.81. The smallest absolute Gasteiger partial charge is 0.122 e. The van der Waals surface area contributed by atoms with E-state index in [0.717, 1.165) is 5.82 Å². The first-order valence-corrected chi connectivity index (χ1v) is 5.80. The summed E-state index contributed by atoms with van der Waals surface area (Å²) in [6.45, 7) is 0.439. The summed E-state index contributed by atoms with van der Waals surface area (Å²) >= 11 is 0. The number of aryl methyl sites for hydroxylation is 1. The van der Waals surface area contributed by atoms with E-state index in [1.807, 2.05) is 17.8 Å². The molecule has 96 valence electrons. The van der Waals surface area contributed by atoms with Gasteiger partial charge in [-0.1, -0.05) is 0 Å². The molecule has 0 amide bonds. The van der Waals surface area contributed by atoms with Crippen molar-refractivity contribution >= 4 is 0 Å². The van der Waals surface area contributed by atoms with Gasteiger partial charge in [-0.05, 0) is 6.42 Å². The number of imidazole rings is 1. The van der Waals surface area contributed by atoms with E-state index in [1.165, 1.54) is 0 Å². The molecule has 1 aliphatic carbocycles. The van der Waals surface area contributed by atoms with Crippen molar-refractivity contribution in [2.45, 2.75) is 31.2 Å². The summed E-state index contributed by atoms with van der Waals surface area (Å²) in [7, 11) is 1.90. The molecule has 1 aromatic rings. The molecule has 1 saturated carbocycles. The third-order valence-electron chi connectivity index (χ3n) is 3.48. The van der Waals surface area contributed by atoms with Gasteiger partial charge in [0.25, 0.3) is 0 Å². The van der Waals surface area contributed by atoms with E-state index >= 15 is 0 Å². The van der Waals surface area contributed by atoms with Crippen molar-refractivity contribution in [2.24, 2.45) is 13.0 Å². The lowest BCUT2D eigenvalue weighted by atomic mass is 10.1. The monoisotopic (exact) mass is 241 g/mol. The van der Waals surface area contributed by atoms with E-state index in [0.29, 0.717) is 13.0 Å². The highest BCUT2D eigenvalue weighted by Gasteiger charge is 2.40. The molecule has 0 spiro atoms. The highest BCUT2D eigenvalue weighted by Crippen LogP contribution is 2.26. The molecule has 0 aromatic carbocycles. The summed E-state index contributed by atoms with van der Waals surface area (Å²) in [5.41, 5.74) is 0. The van der Waals surface area contributed by atoms with Gasteiger partial charge in [0.1, 0.15) is 5.82 Å². The van der Waals surface area contributed by atoms with Crippen LogP contribution in [-0.4, -0.2) is 49.7 Å². The number of nitrogens with one attached hydrogen (secondary N) is 1. The molecule has 0 bridgehead atoms. The van der Waals surface area contributed by atoms with Crippen LogP contribution in [0.3, 0.4) is 0 Å². The largest absolute Gasteiger partial charge is 0.396 e. The first kappa shape index (κ1) is 12.5. The van der Waals surface area contributed by atoms with E-state index in [1.54, 1.807) is 6.20 Å². The van der Waals surface area contributed by atoms with Crippen molar-refractivity contribution in [2.75, 3.05) is 6.61 Å². The van der Waals surface area contributed by atoms with Crippen LogP contribution in [-0.2, 0) is 13.6 Å². The molecule has 2 rings (SSSR count). The van der Waals surface area contributed by atoms with E-state index in [-0.39, 0.29) is 18.6 Å². The molecule has 1 aliphatic rings. The maximum absolute atomic E-state index is 9.81. The third-order valence-corrected chi connectivity index (χ3v) is 3.48. The zero-order valence-electron chi connectivity index (χ0n) is 9.82. The molecule has 4 N–H and O–H groups in total. The zero-order valence-corrected chi connectivity index (χ0v) is 9.82. The Balaban J connectivity index is 1.90. The molecule has 0 saturated heterocycles. The van der Waals surface area contributed by atoms with Crippen molar-refractivity contribution in [3.63, 3.8) is 0 Å². The highest BCUT2D eigenvalue weighted by atomic mass is 16.3. The number of aliphatic hydroxyl groups excluding tert-OH is 3. The first-order valence-electron chi connectivity index (χ1n) is 5.80. The molecule has 0 radical (unpaired) electrons. The van der Waals surface area contributed by atoms with Crippen molar-refractivity contribution in [3.05, 3.63) is 18.2 Å². The Kier molecular flexibility index (Phi) is 3.78. The summed E-state index contributed by atoms with van der Waals surface area (Å²) in [4.78, 5) is 4.17. The predicted octanol–water partition coefficient (Wildman–Crippen LogP) is -1.39. The molecular formula is C11H19N3O3. The molecule has 17 heavy (non-hydrogen) atoms. The van der Waals surface area contributed by atoms with Gasteiger partial charge in [-0.3, -0.25) is 0 Å². The Morgan fingerprint density at radius 1 is 1.47 bits per heavy atom. The van der Waals surface area contributed by atoms with Crippen LogP contribution < -0.4 is 5.32 Å². The summed E-state index contributed by atoms with van der Waals surface area (Å²) in [5, 5.41) is 31.7. The van der Waals surface area contributed by atoms with Crippen LogP contribution in [0.15, 0.2) is 12.4 Å². The lowest BCUT2D eigenvalue weighted by molar-refractivity contribution is -0.000408. The summed E-state index contributed by atoms with van der Waals surface area (Å²) in [6, 6.07) is -0.196. The van der Waals surface area contributed by atoms with Gasteiger partial charge in [-0.15, -0.1) is 0 Å². The second kappa shape index (κ2) is 5.14. The average molecular weight is 241 g/mol. The molecule has 6 heteroatoms. The number of rotatable bonds is 4. The zero-order chi connectivity index (χ0) is 12.4. The van der Waals surface area contributed by atoms with Gasteiger partial charge in [0, 0.05) is 38.0 Å².